The van der Waals surface area contributed by atoms with Crippen LogP contribution in [0.15, 0.2) is 25.3 Å². The summed E-state index contributed by atoms with van der Waals surface area (Å²) in [5.74, 6) is -2.43. The number of carbonyl (C=O) groups is 3. The van der Waals surface area contributed by atoms with Crippen LogP contribution in [0.1, 0.15) is 66.7 Å². The molecule has 3 heterocycles. The third-order valence-electron chi connectivity index (χ3n) is 8.31. The van der Waals surface area contributed by atoms with E-state index >= 15 is 0 Å². The number of rotatable bonds is 12. The fourth-order valence-electron chi connectivity index (χ4n) is 6.49. The first-order chi connectivity index (χ1) is 16.9. The number of likely N-dealkylation sites (tertiary alicyclic amines) is 1. The van der Waals surface area contributed by atoms with Crippen LogP contribution >= 0.6 is 0 Å². The fourth-order valence-corrected chi connectivity index (χ4v) is 6.49. The number of nitrogens with zero attached hydrogens (tertiary/aromatic N) is 2. The smallest absolute Gasteiger partial charge is 0.312 e. The highest BCUT2D eigenvalue weighted by Gasteiger charge is 2.80. The summed E-state index contributed by atoms with van der Waals surface area (Å²) in [7, 11) is 0. The SMILES string of the molecule is C=CCCOC(=O)[C@@H]1[C@H]2C(=O)N(CCCCCO)C(C(=O)N(CC=C)C(C)(C)C)C23CC(C)[C@@]1(C)O3. The van der Waals surface area contributed by atoms with Gasteiger partial charge in [0.05, 0.1) is 18.1 Å². The third kappa shape index (κ3) is 4.62. The molecular weight excluding hydrogens is 460 g/mol. The molecule has 3 aliphatic rings. The number of carbonyl (C=O) groups excluding carboxylic acids is 3. The Morgan fingerprint density at radius 3 is 2.53 bits per heavy atom. The summed E-state index contributed by atoms with van der Waals surface area (Å²) in [6.07, 6.45) is 6.43. The van der Waals surface area contributed by atoms with Crippen molar-refractivity contribution in [2.45, 2.75) is 89.5 Å². The number of esters is 1. The van der Waals surface area contributed by atoms with Crippen LogP contribution in [0.4, 0.5) is 0 Å². The number of hydrogen-bond acceptors (Lipinski definition) is 6. The summed E-state index contributed by atoms with van der Waals surface area (Å²) < 4.78 is 12.3. The molecule has 0 saturated carbocycles. The highest BCUT2D eigenvalue weighted by Crippen LogP contribution is 2.65. The molecule has 2 amide bonds. The molecule has 3 rings (SSSR count). The summed E-state index contributed by atoms with van der Waals surface area (Å²) in [4.78, 5) is 45.1. The number of fused-ring (bicyclic) bond motifs is 1. The van der Waals surface area contributed by atoms with E-state index in [0.717, 1.165) is 6.42 Å². The molecule has 6 atom stereocenters. The van der Waals surface area contributed by atoms with Gasteiger partial charge in [0.25, 0.3) is 0 Å². The Morgan fingerprint density at radius 2 is 1.94 bits per heavy atom. The lowest BCUT2D eigenvalue weighted by Crippen LogP contribution is -2.60. The largest absolute Gasteiger partial charge is 0.465 e. The maximum absolute atomic E-state index is 14.3. The lowest BCUT2D eigenvalue weighted by molar-refractivity contribution is -0.162. The van der Waals surface area contributed by atoms with E-state index in [9.17, 15) is 19.5 Å². The van der Waals surface area contributed by atoms with Crippen LogP contribution < -0.4 is 0 Å². The van der Waals surface area contributed by atoms with Crippen LogP contribution in [-0.4, -0.2) is 81.8 Å². The quantitative estimate of drug-likeness (QED) is 0.249. The number of hydrogen-bond donors (Lipinski definition) is 1. The molecule has 0 aromatic carbocycles. The van der Waals surface area contributed by atoms with Gasteiger partial charge in [-0.1, -0.05) is 19.1 Å². The minimum Gasteiger partial charge on any atom is -0.465 e. The highest BCUT2D eigenvalue weighted by molar-refractivity contribution is 5.98. The van der Waals surface area contributed by atoms with E-state index in [1.165, 1.54) is 0 Å². The summed E-state index contributed by atoms with van der Waals surface area (Å²) >= 11 is 0. The molecule has 0 aromatic rings. The predicted octanol–water partition coefficient (Wildman–Crippen LogP) is 3.09. The zero-order chi connectivity index (χ0) is 26.9. The first kappa shape index (κ1) is 28.4. The second-order valence-electron chi connectivity index (χ2n) is 11.7. The molecule has 3 unspecified atom stereocenters. The lowest BCUT2D eigenvalue weighted by Gasteiger charge is -2.42. The van der Waals surface area contributed by atoms with E-state index in [1.54, 1.807) is 22.0 Å². The van der Waals surface area contributed by atoms with Crippen molar-refractivity contribution in [2.75, 3.05) is 26.3 Å². The van der Waals surface area contributed by atoms with Crippen molar-refractivity contribution in [3.05, 3.63) is 25.3 Å². The molecule has 8 heteroatoms. The van der Waals surface area contributed by atoms with Gasteiger partial charge in [0.2, 0.25) is 11.8 Å². The maximum atomic E-state index is 14.3. The van der Waals surface area contributed by atoms with E-state index in [1.807, 2.05) is 34.6 Å². The van der Waals surface area contributed by atoms with Gasteiger partial charge in [-0.2, -0.15) is 0 Å². The van der Waals surface area contributed by atoms with Crippen molar-refractivity contribution >= 4 is 17.8 Å². The molecule has 202 valence electrons. The van der Waals surface area contributed by atoms with Crippen LogP contribution in [-0.2, 0) is 23.9 Å². The van der Waals surface area contributed by atoms with Crippen molar-refractivity contribution in [2.24, 2.45) is 17.8 Å². The Labute approximate surface area is 215 Å². The van der Waals surface area contributed by atoms with Crippen LogP contribution in [0.5, 0.6) is 0 Å². The average Bonchev–Trinajstić information content (AvgIpc) is 3.31. The van der Waals surface area contributed by atoms with Crippen molar-refractivity contribution in [3.63, 3.8) is 0 Å². The van der Waals surface area contributed by atoms with Gasteiger partial charge in [0.15, 0.2) is 0 Å². The molecule has 1 N–H and O–H groups in total. The zero-order valence-corrected chi connectivity index (χ0v) is 22.6. The second kappa shape index (κ2) is 10.7. The number of unbranched alkanes of at least 4 members (excludes halogenated alkanes) is 2. The summed E-state index contributed by atoms with van der Waals surface area (Å²) in [5, 5.41) is 9.20. The van der Waals surface area contributed by atoms with Gasteiger partial charge in [-0.3, -0.25) is 14.4 Å². The van der Waals surface area contributed by atoms with Gasteiger partial charge in [0.1, 0.15) is 17.6 Å². The number of amides is 2. The van der Waals surface area contributed by atoms with E-state index in [0.29, 0.717) is 38.8 Å². The topological polar surface area (TPSA) is 96.4 Å². The highest BCUT2D eigenvalue weighted by atomic mass is 16.6. The predicted molar refractivity (Wildman–Crippen MR) is 137 cm³/mol. The summed E-state index contributed by atoms with van der Waals surface area (Å²) in [5.41, 5.74) is -2.48. The van der Waals surface area contributed by atoms with E-state index < -0.39 is 40.6 Å². The third-order valence-corrected chi connectivity index (χ3v) is 8.31. The van der Waals surface area contributed by atoms with Crippen LogP contribution in [0.25, 0.3) is 0 Å². The molecule has 2 bridgehead atoms. The fraction of sp³-hybridized carbons (Fsp3) is 0.750. The molecule has 3 fully saturated rings. The van der Waals surface area contributed by atoms with Gasteiger partial charge < -0.3 is 24.4 Å². The zero-order valence-electron chi connectivity index (χ0n) is 22.6. The maximum Gasteiger partial charge on any atom is 0.312 e. The van der Waals surface area contributed by atoms with Crippen LogP contribution in [0, 0.1) is 17.8 Å². The Morgan fingerprint density at radius 1 is 1.25 bits per heavy atom. The molecule has 8 nitrogen and oxygen atoms in total. The van der Waals surface area contributed by atoms with Crippen molar-refractivity contribution in [1.82, 2.24) is 9.80 Å². The monoisotopic (exact) mass is 504 g/mol. The Balaban J connectivity index is 2.06. The second-order valence-corrected chi connectivity index (χ2v) is 11.7. The van der Waals surface area contributed by atoms with E-state index in [-0.39, 0.29) is 30.9 Å². The molecule has 0 aromatic heterocycles. The number of aliphatic hydroxyl groups is 1. The Hall–Kier alpha value is -2.19. The molecular formula is C28H44N2O6. The van der Waals surface area contributed by atoms with Gasteiger partial charge in [-0.25, -0.2) is 0 Å². The normalized spacial score (nSPS) is 32.9. The number of aliphatic hydroxyl groups excluding tert-OH is 1. The first-order valence-corrected chi connectivity index (χ1v) is 13.2. The van der Waals surface area contributed by atoms with Gasteiger partial charge in [-0.15, -0.1) is 13.2 Å². The standard InChI is InChI=1S/C28H44N2O6/c1-8-10-17-35-25(34)21-20-23(32)29(15-12-11-13-16-31)22(24(33)30(14-9-2)26(4,5)6)28(20)18-19(3)27(21,7)36-28/h8-9,19-22,31H,1-2,10-18H2,3-7H3/t19?,20-,21-,22?,27+,28?/m0/s1. The first-order valence-electron chi connectivity index (χ1n) is 13.2. The van der Waals surface area contributed by atoms with Crippen LogP contribution in [0.2, 0.25) is 0 Å². The molecule has 36 heavy (non-hydrogen) atoms. The summed E-state index contributed by atoms with van der Waals surface area (Å²) in [6, 6.07) is -0.835. The number of ether oxygens (including phenoxy) is 2. The summed E-state index contributed by atoms with van der Waals surface area (Å²) in [6.45, 7) is 18.3. The lowest BCUT2D eigenvalue weighted by atomic mass is 9.62. The van der Waals surface area contributed by atoms with Gasteiger partial charge >= 0.3 is 5.97 Å². The van der Waals surface area contributed by atoms with Crippen LogP contribution in [0.3, 0.4) is 0 Å². The van der Waals surface area contributed by atoms with Gasteiger partial charge in [0, 0.05) is 25.2 Å². The molecule has 1 spiro atoms. The van der Waals surface area contributed by atoms with Gasteiger partial charge in [-0.05, 0) is 65.7 Å². The Bertz CT molecular complexity index is 882. The minimum atomic E-state index is -1.09. The Kier molecular flexibility index (Phi) is 8.40. The molecule has 0 radical (unpaired) electrons. The molecule has 3 aliphatic heterocycles. The van der Waals surface area contributed by atoms with Crippen molar-refractivity contribution < 1.29 is 29.0 Å². The average molecular weight is 505 g/mol. The van der Waals surface area contributed by atoms with E-state index in [4.69, 9.17) is 9.47 Å². The van der Waals surface area contributed by atoms with Crippen molar-refractivity contribution in [1.29, 1.82) is 0 Å². The molecule has 3 saturated heterocycles. The minimum absolute atomic E-state index is 0.0364. The van der Waals surface area contributed by atoms with E-state index in [2.05, 4.69) is 13.2 Å². The van der Waals surface area contributed by atoms with Crippen molar-refractivity contribution in [3.8, 4) is 0 Å². The molecule has 0 aliphatic carbocycles.